The second-order valence-electron chi connectivity index (χ2n) is 8.58. The summed E-state index contributed by atoms with van der Waals surface area (Å²) < 4.78 is 20.3. The Morgan fingerprint density at radius 2 is 1.87 bits per heavy atom. The monoisotopic (exact) mass is 554 g/mol. The molecular weight excluding hydrogens is 531 g/mol. The predicted molar refractivity (Wildman–Crippen MR) is 155 cm³/mol. The van der Waals surface area contributed by atoms with Crippen molar-refractivity contribution in [1.29, 1.82) is 5.26 Å². The highest BCUT2D eigenvalue weighted by Crippen LogP contribution is 2.37. The van der Waals surface area contributed by atoms with Gasteiger partial charge in [0.1, 0.15) is 22.7 Å². The van der Waals surface area contributed by atoms with E-state index in [0.717, 1.165) is 15.8 Å². The molecule has 0 spiro atoms. The van der Waals surface area contributed by atoms with E-state index < -0.39 is 11.1 Å². The van der Waals surface area contributed by atoms with Gasteiger partial charge in [0.05, 0.1) is 33.8 Å². The van der Waals surface area contributed by atoms with E-state index in [1.807, 2.05) is 55.5 Å². The molecule has 2 heterocycles. The maximum absolute atomic E-state index is 14.1. The third-order valence-corrected chi connectivity index (χ3v) is 8.33. The highest BCUT2D eigenvalue weighted by molar-refractivity contribution is 8.00. The molecule has 0 aliphatic carbocycles. The fraction of sp³-hybridized carbons (Fsp3) is 0.133. The van der Waals surface area contributed by atoms with Crippen molar-refractivity contribution in [3.05, 3.63) is 90.2 Å². The van der Waals surface area contributed by atoms with Crippen LogP contribution in [0.15, 0.2) is 83.9 Å². The van der Waals surface area contributed by atoms with E-state index in [1.54, 1.807) is 25.3 Å². The number of hydrogen-bond donors (Lipinski definition) is 1. The number of amides is 1. The number of fused-ring (bicyclic) bond motifs is 1. The van der Waals surface area contributed by atoms with Crippen molar-refractivity contribution in [2.75, 3.05) is 12.4 Å². The van der Waals surface area contributed by atoms with Crippen LogP contribution in [-0.2, 0) is 4.79 Å². The number of halogens is 1. The molecule has 0 fully saturated rings. The second kappa shape index (κ2) is 11.6. The lowest BCUT2D eigenvalue weighted by Crippen LogP contribution is -2.24. The van der Waals surface area contributed by atoms with Crippen molar-refractivity contribution in [3.8, 4) is 34.2 Å². The molecule has 9 heteroatoms. The minimum atomic E-state index is -0.544. The highest BCUT2D eigenvalue weighted by Gasteiger charge is 2.24. The molecule has 0 radical (unpaired) electrons. The van der Waals surface area contributed by atoms with Crippen LogP contribution in [0, 0.1) is 17.1 Å². The molecule has 0 aliphatic rings. The molecule has 3 aromatic carbocycles. The summed E-state index contributed by atoms with van der Waals surface area (Å²) in [5.74, 6) is 0.0769. The third kappa shape index (κ3) is 5.77. The summed E-state index contributed by atoms with van der Waals surface area (Å²) in [5, 5.41) is 13.4. The molecular formula is C30H23FN4O2S2. The Morgan fingerprint density at radius 3 is 2.59 bits per heavy atom. The molecule has 5 rings (SSSR count). The molecule has 6 nitrogen and oxygen atoms in total. The van der Waals surface area contributed by atoms with Gasteiger partial charge in [0.2, 0.25) is 5.91 Å². The summed E-state index contributed by atoms with van der Waals surface area (Å²) in [6.07, 6.45) is 0.493. The van der Waals surface area contributed by atoms with Crippen molar-refractivity contribution in [1.82, 2.24) is 9.97 Å². The van der Waals surface area contributed by atoms with Gasteiger partial charge in [0, 0.05) is 11.1 Å². The number of anilines is 1. The Bertz CT molecular complexity index is 1700. The Balaban J connectivity index is 1.50. The number of benzene rings is 3. The summed E-state index contributed by atoms with van der Waals surface area (Å²) in [4.78, 5) is 22.7. The predicted octanol–water partition coefficient (Wildman–Crippen LogP) is 7.55. The van der Waals surface area contributed by atoms with E-state index >= 15 is 0 Å². The summed E-state index contributed by atoms with van der Waals surface area (Å²) in [6.45, 7) is 1.90. The SMILES string of the molecule is CCC(Sc1nc(-c2ccccc2)cc(-c2cccc(F)c2)c1C#N)C(=O)Nc1nc2ccc(OC)cc2s1. The van der Waals surface area contributed by atoms with Gasteiger partial charge in [-0.3, -0.25) is 4.79 Å². The molecule has 194 valence electrons. The fourth-order valence-electron chi connectivity index (χ4n) is 4.08. The number of thiazole rings is 1. The first-order valence-electron chi connectivity index (χ1n) is 12.2. The lowest BCUT2D eigenvalue weighted by Gasteiger charge is -2.17. The molecule has 2 aromatic heterocycles. The number of methoxy groups -OCH3 is 1. The normalized spacial score (nSPS) is 11.6. The standard InChI is InChI=1S/C30H23FN4O2S2/c1-3-26(28(36)35-30-34-24-13-12-21(37-2)15-27(24)39-30)38-29-23(17-32)22(19-10-7-11-20(31)14-19)16-25(33-29)18-8-5-4-6-9-18/h4-16,26H,3H2,1-2H3,(H,34,35,36). The van der Waals surface area contributed by atoms with Crippen molar-refractivity contribution >= 4 is 44.4 Å². The number of nitrogens with one attached hydrogen (secondary N) is 1. The molecule has 0 saturated carbocycles. The van der Waals surface area contributed by atoms with Gasteiger partial charge < -0.3 is 10.1 Å². The molecule has 39 heavy (non-hydrogen) atoms. The van der Waals surface area contributed by atoms with Crippen LogP contribution in [0.5, 0.6) is 5.75 Å². The van der Waals surface area contributed by atoms with Crippen LogP contribution in [-0.4, -0.2) is 28.2 Å². The van der Waals surface area contributed by atoms with Gasteiger partial charge in [-0.25, -0.2) is 14.4 Å². The summed E-state index contributed by atoms with van der Waals surface area (Å²) in [6, 6.07) is 25.3. The largest absolute Gasteiger partial charge is 0.497 e. The number of ether oxygens (including phenoxy) is 1. The lowest BCUT2D eigenvalue weighted by atomic mass is 9.99. The summed E-state index contributed by atoms with van der Waals surface area (Å²) in [5.41, 5.74) is 3.67. The smallest absolute Gasteiger partial charge is 0.239 e. The van der Waals surface area contributed by atoms with Crippen molar-refractivity contribution < 1.29 is 13.9 Å². The first-order chi connectivity index (χ1) is 19.0. The van der Waals surface area contributed by atoms with Gasteiger partial charge in [-0.05, 0) is 48.4 Å². The maximum atomic E-state index is 14.1. The average Bonchev–Trinajstić information content (AvgIpc) is 3.37. The lowest BCUT2D eigenvalue weighted by molar-refractivity contribution is -0.115. The van der Waals surface area contributed by atoms with E-state index in [4.69, 9.17) is 9.72 Å². The van der Waals surface area contributed by atoms with Gasteiger partial charge in [0.25, 0.3) is 0 Å². The zero-order chi connectivity index (χ0) is 27.4. The number of carbonyl (C=O) groups is 1. The van der Waals surface area contributed by atoms with Crippen LogP contribution < -0.4 is 10.1 Å². The number of nitrogens with zero attached hydrogens (tertiary/aromatic N) is 3. The van der Waals surface area contributed by atoms with Gasteiger partial charge in [-0.15, -0.1) is 0 Å². The number of rotatable bonds is 8. The Morgan fingerprint density at radius 1 is 1.08 bits per heavy atom. The summed E-state index contributed by atoms with van der Waals surface area (Å²) >= 11 is 2.58. The van der Waals surface area contributed by atoms with Crippen LogP contribution in [0.4, 0.5) is 9.52 Å². The number of carbonyl (C=O) groups excluding carboxylic acids is 1. The van der Waals surface area contributed by atoms with Crippen LogP contribution in [0.25, 0.3) is 32.6 Å². The molecule has 1 amide bonds. The molecule has 1 N–H and O–H groups in total. The van der Waals surface area contributed by atoms with E-state index in [2.05, 4.69) is 16.4 Å². The topological polar surface area (TPSA) is 87.9 Å². The highest BCUT2D eigenvalue weighted by atomic mass is 32.2. The number of pyridine rings is 1. The quantitative estimate of drug-likeness (QED) is 0.199. The van der Waals surface area contributed by atoms with Gasteiger partial charge in [-0.1, -0.05) is 72.5 Å². The fourth-order valence-corrected chi connectivity index (χ4v) is 6.01. The zero-order valence-electron chi connectivity index (χ0n) is 21.1. The van der Waals surface area contributed by atoms with Crippen LogP contribution in [0.3, 0.4) is 0 Å². The van der Waals surface area contributed by atoms with E-state index in [9.17, 15) is 14.4 Å². The van der Waals surface area contributed by atoms with E-state index in [-0.39, 0.29) is 5.91 Å². The van der Waals surface area contributed by atoms with Crippen molar-refractivity contribution in [2.24, 2.45) is 0 Å². The molecule has 0 saturated heterocycles. The summed E-state index contributed by atoms with van der Waals surface area (Å²) in [7, 11) is 1.60. The van der Waals surface area contributed by atoms with Gasteiger partial charge in [0.15, 0.2) is 5.13 Å². The Hall–Kier alpha value is -4.26. The molecule has 0 aliphatic heterocycles. The van der Waals surface area contributed by atoms with Crippen LogP contribution >= 0.6 is 23.1 Å². The van der Waals surface area contributed by atoms with Crippen molar-refractivity contribution in [2.45, 2.75) is 23.6 Å². The Labute approximate surface area is 233 Å². The number of thioether (sulfide) groups is 1. The average molecular weight is 555 g/mol. The third-order valence-electron chi connectivity index (χ3n) is 6.05. The van der Waals surface area contributed by atoms with Gasteiger partial charge in [-0.2, -0.15) is 5.26 Å². The van der Waals surface area contributed by atoms with Crippen LogP contribution in [0.2, 0.25) is 0 Å². The first-order valence-corrected chi connectivity index (χ1v) is 13.9. The Kier molecular flexibility index (Phi) is 7.87. The molecule has 1 unspecified atom stereocenters. The van der Waals surface area contributed by atoms with E-state index in [1.165, 1.54) is 35.2 Å². The molecule has 1 atom stereocenters. The second-order valence-corrected chi connectivity index (χ2v) is 10.8. The van der Waals surface area contributed by atoms with Crippen LogP contribution in [0.1, 0.15) is 18.9 Å². The minimum absolute atomic E-state index is 0.239. The molecule has 0 bridgehead atoms. The number of hydrogen-bond acceptors (Lipinski definition) is 7. The van der Waals surface area contributed by atoms with E-state index in [0.29, 0.717) is 44.7 Å². The molecule has 5 aromatic rings. The minimum Gasteiger partial charge on any atom is -0.497 e. The maximum Gasteiger partial charge on any atom is 0.239 e. The van der Waals surface area contributed by atoms with Gasteiger partial charge >= 0.3 is 0 Å². The first kappa shape index (κ1) is 26.4. The number of nitriles is 1. The number of aromatic nitrogens is 2. The zero-order valence-corrected chi connectivity index (χ0v) is 22.8. The van der Waals surface area contributed by atoms with Crippen molar-refractivity contribution in [3.63, 3.8) is 0 Å².